The van der Waals surface area contributed by atoms with Crippen LogP contribution in [-0.4, -0.2) is 20.9 Å². The van der Waals surface area contributed by atoms with Gasteiger partial charge in [-0.1, -0.05) is 25.1 Å². The van der Waals surface area contributed by atoms with Gasteiger partial charge in [0.1, 0.15) is 0 Å². The second-order valence-corrected chi connectivity index (χ2v) is 9.48. The fourth-order valence-electron chi connectivity index (χ4n) is 4.79. The van der Waals surface area contributed by atoms with Crippen LogP contribution < -0.4 is 0 Å². The molecule has 5 rings (SSSR count). The normalized spacial score (nSPS) is 19.9. The summed E-state index contributed by atoms with van der Waals surface area (Å²) in [5, 5.41) is 4.06. The summed E-state index contributed by atoms with van der Waals surface area (Å²) in [5.41, 5.74) is 4.14. The van der Waals surface area contributed by atoms with Crippen LogP contribution in [0.4, 0.5) is 0 Å². The molecular weight excluding hydrogens is 362 g/mol. The van der Waals surface area contributed by atoms with Gasteiger partial charge in [-0.25, -0.2) is 0 Å². The molecule has 29 heavy (non-hydrogen) atoms. The fourth-order valence-corrected chi connectivity index (χ4v) is 4.79. The Hall–Kier alpha value is -2.82. The van der Waals surface area contributed by atoms with Gasteiger partial charge < -0.3 is 4.52 Å². The van der Waals surface area contributed by atoms with Gasteiger partial charge in [0.2, 0.25) is 5.82 Å². The molecule has 0 atom stereocenters. The molecule has 1 aromatic carbocycles. The number of aromatic nitrogens is 3. The topological polar surface area (TPSA) is 68.9 Å². The molecule has 2 aliphatic rings. The van der Waals surface area contributed by atoms with Crippen molar-refractivity contribution in [3.8, 4) is 22.8 Å². The van der Waals surface area contributed by atoms with Crippen molar-refractivity contribution >= 4 is 5.78 Å². The molecule has 5 nitrogen and oxygen atoms in total. The molecule has 0 aliphatic heterocycles. The Morgan fingerprint density at radius 2 is 1.83 bits per heavy atom. The van der Waals surface area contributed by atoms with E-state index < -0.39 is 0 Å². The van der Waals surface area contributed by atoms with E-state index in [0.717, 1.165) is 41.5 Å². The van der Waals surface area contributed by atoms with Crippen molar-refractivity contribution in [2.75, 3.05) is 0 Å². The van der Waals surface area contributed by atoms with E-state index in [-0.39, 0.29) is 11.2 Å². The minimum atomic E-state index is 0.152. The lowest BCUT2D eigenvalue weighted by molar-refractivity contribution is 0.0658. The minimum absolute atomic E-state index is 0.152. The zero-order valence-corrected chi connectivity index (χ0v) is 16.9. The first kappa shape index (κ1) is 18.2. The van der Waals surface area contributed by atoms with E-state index >= 15 is 0 Å². The molecule has 5 heteroatoms. The third-order valence-electron chi connectivity index (χ3n) is 6.77. The average Bonchev–Trinajstić information content (AvgIpc) is 3.22. The van der Waals surface area contributed by atoms with Crippen LogP contribution in [0.3, 0.4) is 0 Å². The molecule has 0 unspecified atom stereocenters. The molecule has 0 saturated heterocycles. The SMILES string of the molecule is CC1(C)CCC2(CC1)CC(=O)c1cc(-c3nc(-c4cccnc4)no3)ccc1C2. The Balaban J connectivity index is 1.42. The third kappa shape index (κ3) is 3.39. The Labute approximate surface area is 170 Å². The largest absolute Gasteiger partial charge is 0.334 e. The lowest BCUT2D eigenvalue weighted by atomic mass is 9.59. The van der Waals surface area contributed by atoms with Gasteiger partial charge in [0.25, 0.3) is 5.89 Å². The van der Waals surface area contributed by atoms with Crippen molar-refractivity contribution in [2.24, 2.45) is 10.8 Å². The molecule has 3 aromatic rings. The first-order valence-corrected chi connectivity index (χ1v) is 10.3. The zero-order valence-electron chi connectivity index (χ0n) is 16.9. The standard InChI is InChI=1S/C24H25N3O2/c1-23(2)7-9-24(10-8-23)13-17-6-5-16(12-19(17)20(28)14-24)22-26-21(27-29-22)18-4-3-11-25-15-18/h3-6,11-12,15H,7-10,13-14H2,1-2H3. The van der Waals surface area contributed by atoms with E-state index in [1.807, 2.05) is 24.3 Å². The molecule has 1 saturated carbocycles. The second-order valence-electron chi connectivity index (χ2n) is 9.48. The first-order valence-electron chi connectivity index (χ1n) is 10.3. The predicted molar refractivity (Wildman–Crippen MR) is 110 cm³/mol. The molecule has 1 fully saturated rings. The minimum Gasteiger partial charge on any atom is -0.334 e. The second kappa shape index (κ2) is 6.61. The number of Topliss-reactive ketones (excluding diaryl/α,β-unsaturated/α-hetero) is 1. The van der Waals surface area contributed by atoms with Gasteiger partial charge >= 0.3 is 0 Å². The number of hydrogen-bond donors (Lipinski definition) is 0. The number of nitrogens with zero attached hydrogens (tertiary/aromatic N) is 3. The molecule has 0 amide bonds. The Bertz CT molecular complexity index is 1060. The summed E-state index contributed by atoms with van der Waals surface area (Å²) in [6, 6.07) is 9.74. The van der Waals surface area contributed by atoms with Gasteiger partial charge in [0, 0.05) is 35.5 Å². The third-order valence-corrected chi connectivity index (χ3v) is 6.77. The van der Waals surface area contributed by atoms with Crippen molar-refractivity contribution in [3.05, 3.63) is 53.9 Å². The average molecular weight is 387 g/mol. The number of pyridine rings is 1. The number of fused-ring (bicyclic) bond motifs is 1. The maximum absolute atomic E-state index is 13.1. The first-order chi connectivity index (χ1) is 13.9. The van der Waals surface area contributed by atoms with Gasteiger partial charge in [0.05, 0.1) is 0 Å². The highest BCUT2D eigenvalue weighted by Gasteiger charge is 2.43. The van der Waals surface area contributed by atoms with Crippen LogP contribution in [0, 0.1) is 10.8 Å². The van der Waals surface area contributed by atoms with Gasteiger partial charge in [-0.05, 0) is 72.8 Å². The van der Waals surface area contributed by atoms with Crippen LogP contribution >= 0.6 is 0 Å². The van der Waals surface area contributed by atoms with Crippen LogP contribution in [-0.2, 0) is 6.42 Å². The van der Waals surface area contributed by atoms with Crippen LogP contribution in [0.1, 0.15) is 61.9 Å². The van der Waals surface area contributed by atoms with E-state index in [1.165, 1.54) is 12.8 Å². The van der Waals surface area contributed by atoms with E-state index in [9.17, 15) is 4.79 Å². The molecule has 0 N–H and O–H groups in total. The summed E-state index contributed by atoms with van der Waals surface area (Å²) < 4.78 is 5.46. The molecule has 1 spiro atoms. The van der Waals surface area contributed by atoms with E-state index in [0.29, 0.717) is 23.6 Å². The fraction of sp³-hybridized carbons (Fsp3) is 0.417. The number of rotatable bonds is 2. The molecule has 0 radical (unpaired) electrons. The summed E-state index contributed by atoms with van der Waals surface area (Å²) in [6.45, 7) is 4.68. The maximum Gasteiger partial charge on any atom is 0.258 e. The highest BCUT2D eigenvalue weighted by Crippen LogP contribution is 2.51. The Morgan fingerprint density at radius 1 is 1.00 bits per heavy atom. The van der Waals surface area contributed by atoms with Crippen LogP contribution in [0.5, 0.6) is 0 Å². The Morgan fingerprint density at radius 3 is 2.59 bits per heavy atom. The monoisotopic (exact) mass is 387 g/mol. The van der Waals surface area contributed by atoms with Crippen LogP contribution in [0.25, 0.3) is 22.8 Å². The van der Waals surface area contributed by atoms with Crippen molar-refractivity contribution < 1.29 is 9.32 Å². The smallest absolute Gasteiger partial charge is 0.258 e. The van der Waals surface area contributed by atoms with Gasteiger partial charge in [0.15, 0.2) is 5.78 Å². The van der Waals surface area contributed by atoms with Crippen molar-refractivity contribution in [1.29, 1.82) is 0 Å². The van der Waals surface area contributed by atoms with Gasteiger partial charge in [-0.2, -0.15) is 4.98 Å². The van der Waals surface area contributed by atoms with Crippen LogP contribution in [0.2, 0.25) is 0 Å². The van der Waals surface area contributed by atoms with E-state index in [4.69, 9.17) is 4.52 Å². The number of carbonyl (C=O) groups is 1. The van der Waals surface area contributed by atoms with Crippen molar-refractivity contribution in [3.63, 3.8) is 0 Å². The summed E-state index contributed by atoms with van der Waals surface area (Å²) in [7, 11) is 0. The summed E-state index contributed by atoms with van der Waals surface area (Å²) in [4.78, 5) is 21.6. The molecule has 2 aromatic heterocycles. The lowest BCUT2D eigenvalue weighted by Gasteiger charge is -2.45. The summed E-state index contributed by atoms with van der Waals surface area (Å²) in [6.07, 6.45) is 9.75. The zero-order chi connectivity index (χ0) is 20.1. The number of ketones is 1. The highest BCUT2D eigenvalue weighted by atomic mass is 16.5. The number of benzene rings is 1. The number of carbonyl (C=O) groups excluding carboxylic acids is 1. The Kier molecular flexibility index (Phi) is 4.16. The highest BCUT2D eigenvalue weighted by molar-refractivity contribution is 6.00. The van der Waals surface area contributed by atoms with Crippen LogP contribution in [0.15, 0.2) is 47.2 Å². The van der Waals surface area contributed by atoms with Gasteiger partial charge in [-0.15, -0.1) is 0 Å². The van der Waals surface area contributed by atoms with E-state index in [2.05, 4.69) is 35.0 Å². The van der Waals surface area contributed by atoms with Crippen molar-refractivity contribution in [2.45, 2.75) is 52.4 Å². The molecule has 0 bridgehead atoms. The maximum atomic E-state index is 13.1. The lowest BCUT2D eigenvalue weighted by Crippen LogP contribution is -2.38. The van der Waals surface area contributed by atoms with Gasteiger partial charge in [-0.3, -0.25) is 9.78 Å². The quantitative estimate of drug-likeness (QED) is 0.579. The molecule has 2 aliphatic carbocycles. The van der Waals surface area contributed by atoms with E-state index in [1.54, 1.807) is 12.4 Å². The molecule has 148 valence electrons. The molecule has 2 heterocycles. The summed E-state index contributed by atoms with van der Waals surface area (Å²) >= 11 is 0. The van der Waals surface area contributed by atoms with Crippen molar-refractivity contribution in [1.82, 2.24) is 15.1 Å². The predicted octanol–water partition coefficient (Wildman–Crippen LogP) is 5.51. The summed E-state index contributed by atoms with van der Waals surface area (Å²) in [5.74, 6) is 1.18. The number of hydrogen-bond acceptors (Lipinski definition) is 5. The molecular formula is C24H25N3O2.